The maximum atomic E-state index is 4.25. The van der Waals surface area contributed by atoms with E-state index in [1.807, 2.05) is 17.9 Å². The fraction of sp³-hybridized carbons (Fsp3) is 0.800. The summed E-state index contributed by atoms with van der Waals surface area (Å²) in [5, 5.41) is 7.92. The van der Waals surface area contributed by atoms with E-state index in [4.69, 9.17) is 0 Å². The molecule has 0 saturated carbocycles. The molecule has 0 bridgehead atoms. The first kappa shape index (κ1) is 14.5. The van der Waals surface area contributed by atoms with E-state index in [0.717, 1.165) is 26.1 Å². The van der Waals surface area contributed by atoms with Crippen molar-refractivity contribution in [3.8, 4) is 0 Å². The summed E-state index contributed by atoms with van der Waals surface area (Å²) in [7, 11) is 2.03. The highest BCUT2D eigenvalue weighted by molar-refractivity contribution is 5.01. The Balaban J connectivity index is 1.95. The van der Waals surface area contributed by atoms with E-state index in [9.17, 15) is 0 Å². The van der Waals surface area contributed by atoms with Gasteiger partial charge in [-0.3, -0.25) is 9.58 Å². The number of hydrogen-bond acceptors (Lipinski definition) is 3. The first-order valence-corrected chi connectivity index (χ1v) is 7.48. The average molecular weight is 264 g/mol. The lowest BCUT2D eigenvalue weighted by Crippen LogP contribution is -2.61. The van der Waals surface area contributed by atoms with Crippen LogP contribution in [-0.4, -0.2) is 45.9 Å². The molecule has 1 N–H and O–H groups in total. The lowest BCUT2D eigenvalue weighted by Gasteiger charge is -2.44. The van der Waals surface area contributed by atoms with Crippen LogP contribution in [0.3, 0.4) is 0 Å². The summed E-state index contributed by atoms with van der Waals surface area (Å²) in [4.78, 5) is 2.66. The molecule has 0 radical (unpaired) electrons. The summed E-state index contributed by atoms with van der Waals surface area (Å²) < 4.78 is 1.99. The van der Waals surface area contributed by atoms with Gasteiger partial charge in [0.2, 0.25) is 0 Å². The molecule has 1 aliphatic heterocycles. The Morgan fingerprint density at radius 2 is 2.26 bits per heavy atom. The van der Waals surface area contributed by atoms with Crippen molar-refractivity contribution in [1.29, 1.82) is 0 Å². The molecule has 1 aromatic heterocycles. The van der Waals surface area contributed by atoms with E-state index in [1.165, 1.54) is 18.5 Å². The smallest absolute Gasteiger partial charge is 0.0492 e. The summed E-state index contributed by atoms with van der Waals surface area (Å²) in [5.41, 5.74) is 1.56. The molecule has 1 unspecified atom stereocenters. The zero-order chi connectivity index (χ0) is 13.9. The van der Waals surface area contributed by atoms with Gasteiger partial charge < -0.3 is 5.32 Å². The molecule has 1 aliphatic rings. The van der Waals surface area contributed by atoms with E-state index < -0.39 is 0 Å². The van der Waals surface area contributed by atoms with Gasteiger partial charge in [-0.25, -0.2) is 0 Å². The van der Waals surface area contributed by atoms with E-state index in [0.29, 0.717) is 6.04 Å². The first-order chi connectivity index (χ1) is 9.02. The molecular formula is C15H28N4. The van der Waals surface area contributed by atoms with Gasteiger partial charge in [-0.1, -0.05) is 13.3 Å². The maximum absolute atomic E-state index is 4.25. The molecule has 0 aromatic carbocycles. The number of piperazine rings is 1. The van der Waals surface area contributed by atoms with Crippen molar-refractivity contribution in [2.75, 3.05) is 19.6 Å². The molecule has 1 atom stereocenters. The second-order valence-corrected chi connectivity index (χ2v) is 6.37. The third-order valence-electron chi connectivity index (χ3n) is 4.13. The first-order valence-electron chi connectivity index (χ1n) is 7.48. The van der Waals surface area contributed by atoms with Crippen LogP contribution in [-0.2, 0) is 13.5 Å². The third-order valence-corrected chi connectivity index (χ3v) is 4.13. The number of rotatable bonds is 5. The van der Waals surface area contributed by atoms with Gasteiger partial charge in [0.05, 0.1) is 0 Å². The summed E-state index contributed by atoms with van der Waals surface area (Å²) in [6.45, 7) is 10.3. The summed E-state index contributed by atoms with van der Waals surface area (Å²) in [5.74, 6) is 0. The topological polar surface area (TPSA) is 33.1 Å². The second-order valence-electron chi connectivity index (χ2n) is 6.37. The molecule has 1 saturated heterocycles. The number of aryl methyl sites for hydroxylation is 1. The Hall–Kier alpha value is -0.870. The van der Waals surface area contributed by atoms with Gasteiger partial charge in [0.15, 0.2) is 0 Å². The quantitative estimate of drug-likeness (QED) is 0.880. The fourth-order valence-electron chi connectivity index (χ4n) is 3.00. The molecule has 1 fully saturated rings. The van der Waals surface area contributed by atoms with Gasteiger partial charge in [0.1, 0.15) is 0 Å². The molecule has 0 aliphatic carbocycles. The van der Waals surface area contributed by atoms with Gasteiger partial charge in [-0.2, -0.15) is 5.10 Å². The van der Waals surface area contributed by atoms with Crippen LogP contribution in [0.4, 0.5) is 0 Å². The van der Waals surface area contributed by atoms with Crippen LogP contribution in [0, 0.1) is 0 Å². The highest BCUT2D eigenvalue weighted by Gasteiger charge is 2.31. The van der Waals surface area contributed by atoms with Crippen LogP contribution >= 0.6 is 0 Å². The Morgan fingerprint density at radius 3 is 2.89 bits per heavy atom. The molecule has 108 valence electrons. The van der Waals surface area contributed by atoms with Crippen LogP contribution < -0.4 is 5.32 Å². The van der Waals surface area contributed by atoms with E-state index in [2.05, 4.69) is 42.2 Å². The van der Waals surface area contributed by atoms with E-state index in [1.54, 1.807) is 0 Å². The van der Waals surface area contributed by atoms with Gasteiger partial charge in [-0.05, 0) is 26.3 Å². The average Bonchev–Trinajstić information content (AvgIpc) is 2.75. The van der Waals surface area contributed by atoms with Crippen molar-refractivity contribution in [2.45, 2.75) is 51.6 Å². The van der Waals surface area contributed by atoms with Crippen molar-refractivity contribution in [3.05, 3.63) is 18.0 Å². The third kappa shape index (κ3) is 3.80. The van der Waals surface area contributed by atoms with Gasteiger partial charge >= 0.3 is 0 Å². The maximum Gasteiger partial charge on any atom is 0.0492 e. The minimum Gasteiger partial charge on any atom is -0.309 e. The standard InChI is InChI=1S/C15H28N4/c1-5-6-14-11-16-15(2,3)12-19(14)10-8-13-7-9-17-18(13)4/h7,9,14,16H,5-6,8,10-12H2,1-4H3. The molecule has 2 rings (SSSR count). The van der Waals surface area contributed by atoms with Crippen LogP contribution in [0.2, 0.25) is 0 Å². The predicted octanol–water partition coefficient (Wildman–Crippen LogP) is 1.82. The molecule has 0 spiro atoms. The molecule has 4 nitrogen and oxygen atoms in total. The van der Waals surface area contributed by atoms with Crippen molar-refractivity contribution >= 4 is 0 Å². The number of nitrogens with one attached hydrogen (secondary N) is 1. The molecule has 4 heteroatoms. The van der Waals surface area contributed by atoms with Crippen molar-refractivity contribution in [2.24, 2.45) is 7.05 Å². The molecule has 2 heterocycles. The predicted molar refractivity (Wildman–Crippen MR) is 79.3 cm³/mol. The summed E-state index contributed by atoms with van der Waals surface area (Å²) in [6, 6.07) is 2.81. The highest BCUT2D eigenvalue weighted by Crippen LogP contribution is 2.18. The van der Waals surface area contributed by atoms with Crippen LogP contribution in [0.25, 0.3) is 0 Å². The molecule has 1 aromatic rings. The molecular weight excluding hydrogens is 236 g/mol. The zero-order valence-corrected chi connectivity index (χ0v) is 12.8. The van der Waals surface area contributed by atoms with Gasteiger partial charge in [0, 0.05) is 56.6 Å². The summed E-state index contributed by atoms with van der Waals surface area (Å²) >= 11 is 0. The van der Waals surface area contributed by atoms with Crippen LogP contribution in [0.1, 0.15) is 39.3 Å². The Bertz CT molecular complexity index is 397. The number of hydrogen-bond donors (Lipinski definition) is 1. The molecule has 19 heavy (non-hydrogen) atoms. The summed E-state index contributed by atoms with van der Waals surface area (Å²) in [6.07, 6.45) is 5.52. The normalized spacial score (nSPS) is 23.7. The second kappa shape index (κ2) is 6.06. The Morgan fingerprint density at radius 1 is 1.47 bits per heavy atom. The molecule has 0 amide bonds. The minimum absolute atomic E-state index is 0.233. The largest absolute Gasteiger partial charge is 0.309 e. The Kier molecular flexibility index (Phi) is 4.63. The van der Waals surface area contributed by atoms with Crippen LogP contribution in [0.5, 0.6) is 0 Å². The van der Waals surface area contributed by atoms with E-state index >= 15 is 0 Å². The van der Waals surface area contributed by atoms with Crippen molar-refractivity contribution in [1.82, 2.24) is 20.0 Å². The highest BCUT2D eigenvalue weighted by atomic mass is 15.3. The van der Waals surface area contributed by atoms with Gasteiger partial charge in [0.25, 0.3) is 0 Å². The number of nitrogens with zero attached hydrogens (tertiary/aromatic N) is 3. The number of aromatic nitrogens is 2. The zero-order valence-electron chi connectivity index (χ0n) is 12.8. The minimum atomic E-state index is 0.233. The Labute approximate surface area is 117 Å². The SMILES string of the molecule is CCCC1CNC(C)(C)CN1CCc1ccnn1C. The monoisotopic (exact) mass is 264 g/mol. The van der Waals surface area contributed by atoms with E-state index in [-0.39, 0.29) is 5.54 Å². The van der Waals surface area contributed by atoms with Crippen molar-refractivity contribution in [3.63, 3.8) is 0 Å². The lowest BCUT2D eigenvalue weighted by atomic mass is 9.96. The van der Waals surface area contributed by atoms with Crippen LogP contribution in [0.15, 0.2) is 12.3 Å². The van der Waals surface area contributed by atoms with Crippen molar-refractivity contribution < 1.29 is 0 Å². The van der Waals surface area contributed by atoms with Gasteiger partial charge in [-0.15, -0.1) is 0 Å². The fourth-order valence-corrected chi connectivity index (χ4v) is 3.00. The lowest BCUT2D eigenvalue weighted by molar-refractivity contribution is 0.0902.